The van der Waals surface area contributed by atoms with Gasteiger partial charge in [-0.05, 0) is 0 Å². The first-order valence-electron chi connectivity index (χ1n) is 9.42. The van der Waals surface area contributed by atoms with Gasteiger partial charge in [-0.15, -0.1) is 0 Å². The van der Waals surface area contributed by atoms with Crippen molar-refractivity contribution < 1.29 is 14.2 Å². The normalized spacial score (nSPS) is 15.3. The van der Waals surface area contributed by atoms with Gasteiger partial charge in [0, 0.05) is 0 Å². The fourth-order valence-electron chi connectivity index (χ4n) is 5.66. The van der Waals surface area contributed by atoms with E-state index in [-0.39, 0.29) is 0 Å². The number of hydrogen-bond donors (Lipinski definition) is 0. The Kier molecular flexibility index (Phi) is 6.30. The van der Waals surface area contributed by atoms with Crippen LogP contribution in [0.4, 0.5) is 0 Å². The van der Waals surface area contributed by atoms with E-state index in [4.69, 9.17) is 0 Å². The second kappa shape index (κ2) is 7.26. The maximum atomic E-state index is 4.43. The van der Waals surface area contributed by atoms with Gasteiger partial charge in [0.2, 0.25) is 0 Å². The van der Waals surface area contributed by atoms with Crippen LogP contribution in [0.3, 0.4) is 0 Å². The summed E-state index contributed by atoms with van der Waals surface area (Å²) in [5.41, 5.74) is -0.348. The molecule has 0 saturated carbocycles. The van der Waals surface area contributed by atoms with Gasteiger partial charge in [-0.25, -0.2) is 0 Å². The second-order valence-corrected chi connectivity index (χ2v) is 29.0. The summed E-state index contributed by atoms with van der Waals surface area (Å²) < 4.78 is 1.60. The zero-order valence-corrected chi connectivity index (χ0v) is 22.3. The van der Waals surface area contributed by atoms with Gasteiger partial charge in [0.15, 0.2) is 0 Å². The van der Waals surface area contributed by atoms with Gasteiger partial charge in [0.1, 0.15) is 0 Å². The number of aryl methyl sites for hydroxylation is 1. The molecule has 0 spiro atoms. The molecule has 0 aliphatic rings. The molecule has 0 amide bonds. The Bertz CT molecular complexity index is 754. The molecule has 0 fully saturated rings. The zero-order valence-electron chi connectivity index (χ0n) is 18.2. The van der Waals surface area contributed by atoms with E-state index in [0.717, 1.165) is 0 Å². The first-order valence-corrected chi connectivity index (χ1v) is 17.9. The van der Waals surface area contributed by atoms with E-state index in [0.29, 0.717) is 15.5 Å². The summed E-state index contributed by atoms with van der Waals surface area (Å²) in [6.07, 6.45) is 0. The molecule has 0 aliphatic carbocycles. The van der Waals surface area contributed by atoms with Gasteiger partial charge in [0.05, 0.1) is 0 Å². The van der Waals surface area contributed by atoms with E-state index >= 15 is 0 Å². The van der Waals surface area contributed by atoms with Gasteiger partial charge < -0.3 is 0 Å². The molecule has 0 heterocycles. The van der Waals surface area contributed by atoms with E-state index in [1.807, 2.05) is 0 Å². The van der Waals surface area contributed by atoms with Gasteiger partial charge in [-0.1, -0.05) is 0 Å². The van der Waals surface area contributed by atoms with Crippen LogP contribution in [0, 0.1) is 6.92 Å². The van der Waals surface area contributed by atoms with E-state index in [1.54, 1.807) is 4.04 Å². The van der Waals surface area contributed by atoms with Crippen LogP contribution in [-0.4, -0.2) is 15.5 Å². The molecule has 2 rings (SSSR count). The summed E-state index contributed by atoms with van der Waals surface area (Å²) in [6, 6.07) is 13.6. The second-order valence-electron chi connectivity index (χ2n) is 10.4. The third-order valence-electron chi connectivity index (χ3n) is 5.42. The quantitative estimate of drug-likeness (QED) is 0.275. The van der Waals surface area contributed by atoms with E-state index in [1.165, 1.54) is 16.3 Å². The minimum absolute atomic E-state index is 0.312. The van der Waals surface area contributed by atoms with Crippen molar-refractivity contribution >= 4 is 33.7 Å². The molecular formula is C23H37BrPPd-. The Morgan fingerprint density at radius 1 is 0.731 bits per heavy atom. The average molecular weight is 531 g/mol. The molecule has 0 unspecified atom stereocenters. The minimum atomic E-state index is -1.83. The SMILES string of the molecule is Cc1[c]([Pd-]([Br])[PH](C(C)(C)C)(C(C)(C)C)C(C)(C)C)ccc2ccccc12. The fraction of sp³-hybridized carbons (Fsp3) is 0.565. The number of rotatable bonds is 2. The van der Waals surface area contributed by atoms with Crippen molar-refractivity contribution in [3.05, 3.63) is 42.0 Å². The Hall–Kier alpha value is 0.272. The molecule has 0 atom stereocenters. The molecule has 2 aromatic rings. The Morgan fingerprint density at radius 2 is 1.19 bits per heavy atom. The third kappa shape index (κ3) is 3.50. The van der Waals surface area contributed by atoms with Gasteiger partial charge in [-0.2, -0.15) is 0 Å². The topological polar surface area (TPSA) is 0 Å². The van der Waals surface area contributed by atoms with Crippen LogP contribution >= 0.6 is 18.9 Å². The molecule has 0 nitrogen and oxygen atoms in total. The van der Waals surface area contributed by atoms with E-state index in [2.05, 4.69) is 119 Å². The molecule has 2 aromatic carbocycles. The van der Waals surface area contributed by atoms with Crippen LogP contribution in [0.1, 0.15) is 67.9 Å². The summed E-state index contributed by atoms with van der Waals surface area (Å²) in [5.74, 6) is 0. The summed E-state index contributed by atoms with van der Waals surface area (Å²) in [7, 11) is 0. The maximum absolute atomic E-state index is 4.43. The zero-order chi connectivity index (χ0) is 20.1. The summed E-state index contributed by atoms with van der Waals surface area (Å²) in [6.45, 7) is 24.8. The van der Waals surface area contributed by atoms with Crippen LogP contribution in [0.25, 0.3) is 10.8 Å². The van der Waals surface area contributed by atoms with Gasteiger partial charge in [0.25, 0.3) is 0 Å². The fourth-order valence-corrected chi connectivity index (χ4v) is 48.7. The summed E-state index contributed by atoms with van der Waals surface area (Å²) >= 11 is 3.34. The summed E-state index contributed by atoms with van der Waals surface area (Å²) in [4.78, 5) is 0. The Labute approximate surface area is 173 Å². The first kappa shape index (κ1) is 22.6. The Balaban J connectivity index is 2.84. The number of benzene rings is 2. The molecule has 0 N–H and O–H groups in total. The average Bonchev–Trinajstić information content (AvgIpc) is 2.43. The molecule has 26 heavy (non-hydrogen) atoms. The third-order valence-corrected chi connectivity index (χ3v) is 36.2. The van der Waals surface area contributed by atoms with E-state index in [9.17, 15) is 0 Å². The van der Waals surface area contributed by atoms with Crippen molar-refractivity contribution in [1.29, 1.82) is 0 Å². The van der Waals surface area contributed by atoms with E-state index < -0.39 is 19.7 Å². The number of fused-ring (bicyclic) bond motifs is 1. The van der Waals surface area contributed by atoms with Crippen LogP contribution in [0.5, 0.6) is 0 Å². The molecule has 0 aromatic heterocycles. The molecule has 0 bridgehead atoms. The van der Waals surface area contributed by atoms with Crippen molar-refractivity contribution in [2.75, 3.05) is 0 Å². The number of hydrogen-bond acceptors (Lipinski definition) is 0. The molecule has 3 heteroatoms. The van der Waals surface area contributed by atoms with Gasteiger partial charge >= 0.3 is 175 Å². The molecule has 0 radical (unpaired) electrons. The van der Waals surface area contributed by atoms with Crippen LogP contribution in [0.15, 0.2) is 36.4 Å². The summed E-state index contributed by atoms with van der Waals surface area (Å²) in [5, 5.41) is 3.70. The Morgan fingerprint density at radius 3 is 1.65 bits per heavy atom. The van der Waals surface area contributed by atoms with Crippen molar-refractivity contribution in [3.8, 4) is 0 Å². The van der Waals surface area contributed by atoms with Crippen molar-refractivity contribution in [2.24, 2.45) is 0 Å². The molecule has 0 aliphatic heterocycles. The van der Waals surface area contributed by atoms with Crippen molar-refractivity contribution in [1.82, 2.24) is 0 Å². The van der Waals surface area contributed by atoms with Crippen LogP contribution in [0.2, 0.25) is 0 Å². The van der Waals surface area contributed by atoms with Crippen LogP contribution < -0.4 is 4.04 Å². The standard InChI is InChI=1S/C12H27P.C11H9.BrH.Pd/c1-10(2,3)13(11(4,5)6)12(7,8)9;1-9-5-4-7-10-6-2-3-8-11(9)10;;/h1-9H3;2-4,6-8H,1H3;1H;/q;;;-1. The van der Waals surface area contributed by atoms with Gasteiger partial charge in [-0.3, -0.25) is 0 Å². The number of halogens is 1. The molecular weight excluding hydrogens is 494 g/mol. The van der Waals surface area contributed by atoms with Crippen molar-refractivity contribution in [2.45, 2.75) is 84.7 Å². The predicted octanol–water partition coefficient (Wildman–Crippen LogP) is 7.76. The molecule has 152 valence electrons. The van der Waals surface area contributed by atoms with Crippen molar-refractivity contribution in [3.63, 3.8) is 0 Å². The predicted molar refractivity (Wildman–Crippen MR) is 125 cm³/mol. The van der Waals surface area contributed by atoms with Crippen LogP contribution in [-0.2, 0) is 14.2 Å². The first-order chi connectivity index (χ1) is 11.7. The monoisotopic (exact) mass is 529 g/mol. The molecule has 0 saturated heterocycles.